The highest BCUT2D eigenvalue weighted by Gasteiger charge is 2.40. The number of aryl methyl sites for hydroxylation is 1. The van der Waals surface area contributed by atoms with Gasteiger partial charge in [-0.05, 0) is 79.2 Å². The fourth-order valence-electron chi connectivity index (χ4n) is 4.07. The predicted octanol–water partition coefficient (Wildman–Crippen LogP) is 6.60. The molecule has 1 aliphatic rings. The maximum absolute atomic E-state index is 13.6. The minimum atomic E-state index is -0.479. The fraction of sp³-hybridized carbons (Fsp3) is 0.100. The molecule has 3 aromatic carbocycles. The number of thioether (sulfide) groups is 1. The Labute approximate surface area is 243 Å². The van der Waals surface area contributed by atoms with E-state index in [2.05, 4.69) is 26.6 Å². The largest absolute Gasteiger partial charge is 0.495 e. The highest BCUT2D eigenvalue weighted by atomic mass is 79.9. The number of furan rings is 1. The first kappa shape index (κ1) is 27.3. The number of nitrogens with zero attached hydrogens (tertiary/aromatic N) is 1. The summed E-state index contributed by atoms with van der Waals surface area (Å²) >= 11 is 4.51. The first-order valence-electron chi connectivity index (χ1n) is 12.2. The van der Waals surface area contributed by atoms with Gasteiger partial charge in [0.25, 0.3) is 17.7 Å². The Kier molecular flexibility index (Phi) is 8.09. The molecule has 1 aliphatic heterocycles. The minimum absolute atomic E-state index is 0.00581. The smallest absolute Gasteiger partial charge is 0.278 e. The molecule has 0 saturated heterocycles. The predicted molar refractivity (Wildman–Crippen MR) is 157 cm³/mol. The monoisotopic (exact) mass is 617 g/mol. The summed E-state index contributed by atoms with van der Waals surface area (Å²) in [7, 11) is 1.54. The van der Waals surface area contributed by atoms with Gasteiger partial charge in [-0.3, -0.25) is 19.3 Å². The lowest BCUT2D eigenvalue weighted by atomic mass is 10.2. The number of hydrogen-bond acceptors (Lipinski definition) is 7. The van der Waals surface area contributed by atoms with Gasteiger partial charge in [0.1, 0.15) is 22.1 Å². The van der Waals surface area contributed by atoms with E-state index >= 15 is 0 Å². The first-order valence-corrected chi connectivity index (χ1v) is 13.8. The maximum Gasteiger partial charge on any atom is 0.278 e. The van der Waals surface area contributed by atoms with E-state index in [0.717, 1.165) is 26.7 Å². The molecule has 0 atom stereocenters. The number of rotatable bonds is 9. The standard InChI is InChI=1S/C30H24BrN3O5S/c1-18-8-13-25(38-2)24(15-18)33-26-27(30(37)34(29(26)36)17-22-6-4-14-39-22)40-23-7-3-5-21(16-23)32-28(35)19-9-11-20(31)12-10-19/h3-16,33H,17H2,1-2H3,(H,32,35). The Morgan fingerprint density at radius 2 is 1.80 bits per heavy atom. The number of benzene rings is 3. The molecule has 4 aromatic rings. The van der Waals surface area contributed by atoms with Crippen LogP contribution in [0.15, 0.2) is 110 Å². The molecule has 0 radical (unpaired) electrons. The third kappa shape index (κ3) is 5.98. The number of carbonyl (C=O) groups is 3. The number of carbonyl (C=O) groups excluding carboxylic acids is 3. The lowest BCUT2D eigenvalue weighted by Crippen LogP contribution is -2.31. The Morgan fingerprint density at radius 1 is 1.00 bits per heavy atom. The van der Waals surface area contributed by atoms with Crippen molar-refractivity contribution >= 4 is 56.8 Å². The van der Waals surface area contributed by atoms with E-state index in [4.69, 9.17) is 9.15 Å². The van der Waals surface area contributed by atoms with Crippen molar-refractivity contribution in [3.05, 3.63) is 117 Å². The van der Waals surface area contributed by atoms with Gasteiger partial charge in [0.15, 0.2) is 0 Å². The molecule has 40 heavy (non-hydrogen) atoms. The van der Waals surface area contributed by atoms with Gasteiger partial charge < -0.3 is 19.8 Å². The molecule has 0 saturated carbocycles. The van der Waals surface area contributed by atoms with Crippen LogP contribution < -0.4 is 15.4 Å². The number of imide groups is 1. The number of ether oxygens (including phenoxy) is 1. The van der Waals surface area contributed by atoms with Crippen molar-refractivity contribution in [1.29, 1.82) is 0 Å². The number of amides is 3. The van der Waals surface area contributed by atoms with E-state index < -0.39 is 11.8 Å². The van der Waals surface area contributed by atoms with Crippen LogP contribution in [0.3, 0.4) is 0 Å². The summed E-state index contributed by atoms with van der Waals surface area (Å²) in [6, 6.07) is 23.1. The molecule has 0 aliphatic carbocycles. The summed E-state index contributed by atoms with van der Waals surface area (Å²) < 4.78 is 11.7. The molecule has 2 heterocycles. The zero-order valence-corrected chi connectivity index (χ0v) is 24.0. The summed E-state index contributed by atoms with van der Waals surface area (Å²) in [6.45, 7) is 1.92. The third-order valence-electron chi connectivity index (χ3n) is 6.05. The maximum atomic E-state index is 13.6. The van der Waals surface area contributed by atoms with Crippen molar-refractivity contribution in [3.8, 4) is 5.75 Å². The number of hydrogen-bond donors (Lipinski definition) is 2. The van der Waals surface area contributed by atoms with Gasteiger partial charge in [-0.15, -0.1) is 0 Å². The van der Waals surface area contributed by atoms with E-state index in [-0.39, 0.29) is 23.1 Å². The van der Waals surface area contributed by atoms with Gasteiger partial charge in [-0.25, -0.2) is 0 Å². The molecule has 0 spiro atoms. The van der Waals surface area contributed by atoms with E-state index in [9.17, 15) is 14.4 Å². The average Bonchev–Trinajstić information content (AvgIpc) is 3.53. The number of nitrogens with one attached hydrogen (secondary N) is 2. The SMILES string of the molecule is COc1ccc(C)cc1NC1=C(Sc2cccc(NC(=O)c3ccc(Br)cc3)c2)C(=O)N(Cc2ccco2)C1=O. The molecule has 0 fully saturated rings. The Hall–Kier alpha value is -4.28. The Bertz CT molecular complexity index is 1620. The third-order valence-corrected chi connectivity index (χ3v) is 7.65. The van der Waals surface area contributed by atoms with Crippen molar-refractivity contribution in [1.82, 2.24) is 4.90 Å². The van der Waals surface area contributed by atoms with Gasteiger partial charge in [-0.1, -0.05) is 39.8 Å². The molecule has 0 bridgehead atoms. The van der Waals surface area contributed by atoms with Crippen LogP contribution in [0.4, 0.5) is 11.4 Å². The van der Waals surface area contributed by atoms with Gasteiger partial charge >= 0.3 is 0 Å². The van der Waals surface area contributed by atoms with Crippen molar-refractivity contribution in [2.75, 3.05) is 17.7 Å². The molecule has 10 heteroatoms. The van der Waals surface area contributed by atoms with Crippen molar-refractivity contribution < 1.29 is 23.5 Å². The fourth-order valence-corrected chi connectivity index (χ4v) is 5.35. The van der Waals surface area contributed by atoms with Gasteiger partial charge in [-0.2, -0.15) is 0 Å². The number of halogens is 1. The zero-order valence-electron chi connectivity index (χ0n) is 21.6. The summed E-state index contributed by atoms with van der Waals surface area (Å²) in [5, 5.41) is 6.04. The van der Waals surface area contributed by atoms with Crippen LogP contribution >= 0.6 is 27.7 Å². The van der Waals surface area contributed by atoms with Gasteiger partial charge in [0, 0.05) is 20.6 Å². The second kappa shape index (κ2) is 11.8. The van der Waals surface area contributed by atoms with Crippen molar-refractivity contribution in [3.63, 3.8) is 0 Å². The summed E-state index contributed by atoms with van der Waals surface area (Å²) in [5.74, 6) is -0.181. The van der Waals surface area contributed by atoms with Crippen LogP contribution in [0.2, 0.25) is 0 Å². The lowest BCUT2D eigenvalue weighted by Gasteiger charge is -2.15. The van der Waals surface area contributed by atoms with Crippen LogP contribution in [-0.4, -0.2) is 29.7 Å². The molecule has 0 unspecified atom stereocenters. The van der Waals surface area contributed by atoms with E-state index in [1.807, 2.05) is 25.1 Å². The van der Waals surface area contributed by atoms with Crippen LogP contribution in [0.25, 0.3) is 0 Å². The van der Waals surface area contributed by atoms with E-state index in [0.29, 0.717) is 33.3 Å². The number of anilines is 2. The van der Waals surface area contributed by atoms with Gasteiger partial charge in [0.05, 0.1) is 25.6 Å². The molecule has 3 amide bonds. The molecule has 8 nitrogen and oxygen atoms in total. The highest BCUT2D eigenvalue weighted by molar-refractivity contribution is 9.10. The number of methoxy groups -OCH3 is 1. The van der Waals surface area contributed by atoms with Crippen LogP contribution in [0, 0.1) is 6.92 Å². The highest BCUT2D eigenvalue weighted by Crippen LogP contribution is 2.38. The molecule has 1 aromatic heterocycles. The normalized spacial score (nSPS) is 13.1. The van der Waals surface area contributed by atoms with Crippen molar-refractivity contribution in [2.24, 2.45) is 0 Å². The molecular weight excluding hydrogens is 594 g/mol. The molecule has 2 N–H and O–H groups in total. The lowest BCUT2D eigenvalue weighted by molar-refractivity contribution is -0.138. The van der Waals surface area contributed by atoms with Crippen LogP contribution in [0.1, 0.15) is 21.7 Å². The zero-order chi connectivity index (χ0) is 28.2. The quantitative estimate of drug-likeness (QED) is 0.204. The van der Waals surface area contributed by atoms with Crippen LogP contribution in [0.5, 0.6) is 5.75 Å². The molecule has 202 valence electrons. The van der Waals surface area contributed by atoms with E-state index in [1.165, 1.54) is 6.26 Å². The second-order valence-corrected chi connectivity index (χ2v) is 10.9. The second-order valence-electron chi connectivity index (χ2n) is 8.90. The Balaban J connectivity index is 1.45. The van der Waals surface area contributed by atoms with Gasteiger partial charge in [0.2, 0.25) is 0 Å². The summed E-state index contributed by atoms with van der Waals surface area (Å²) in [6.07, 6.45) is 1.49. The minimum Gasteiger partial charge on any atom is -0.495 e. The van der Waals surface area contributed by atoms with Crippen molar-refractivity contribution in [2.45, 2.75) is 18.4 Å². The molecular formula is C30H24BrN3O5S. The average molecular weight is 619 g/mol. The summed E-state index contributed by atoms with van der Waals surface area (Å²) in [5.41, 5.74) is 2.71. The first-order chi connectivity index (χ1) is 19.3. The Morgan fingerprint density at radius 3 is 2.52 bits per heavy atom. The van der Waals surface area contributed by atoms with E-state index in [1.54, 1.807) is 67.8 Å². The molecule has 5 rings (SSSR count). The topological polar surface area (TPSA) is 101 Å². The van der Waals surface area contributed by atoms with Crippen LogP contribution in [-0.2, 0) is 16.1 Å². The summed E-state index contributed by atoms with van der Waals surface area (Å²) in [4.78, 5) is 41.9.